The third-order valence-electron chi connectivity index (χ3n) is 4.98. The van der Waals surface area contributed by atoms with Gasteiger partial charge in [-0.2, -0.15) is 0 Å². The zero-order chi connectivity index (χ0) is 19.2. The van der Waals surface area contributed by atoms with Crippen LogP contribution in [0.3, 0.4) is 0 Å². The summed E-state index contributed by atoms with van der Waals surface area (Å²) < 4.78 is 23.8. The van der Waals surface area contributed by atoms with E-state index in [0.717, 1.165) is 17.4 Å². The van der Waals surface area contributed by atoms with Gasteiger partial charge < -0.3 is 4.90 Å². The van der Waals surface area contributed by atoms with Crippen LogP contribution in [0, 0.1) is 20.8 Å². The molecule has 4 nitrogen and oxygen atoms in total. The summed E-state index contributed by atoms with van der Waals surface area (Å²) in [7, 11) is -2.94. The zero-order valence-electron chi connectivity index (χ0n) is 15.8. The summed E-state index contributed by atoms with van der Waals surface area (Å²) in [5, 5.41) is 0.988. The quantitative estimate of drug-likeness (QED) is 0.784. The molecular formula is C21H24N2O2S2. The topological polar surface area (TPSA) is 49.7 Å². The normalized spacial score (nSPS) is 23.1. The lowest BCUT2D eigenvalue weighted by Gasteiger charge is -2.26. The van der Waals surface area contributed by atoms with E-state index < -0.39 is 9.84 Å². The lowest BCUT2D eigenvalue weighted by Crippen LogP contribution is -2.28. The molecule has 2 atom stereocenters. The Morgan fingerprint density at radius 3 is 2.44 bits per heavy atom. The van der Waals surface area contributed by atoms with E-state index in [4.69, 9.17) is 4.99 Å². The second-order valence-electron chi connectivity index (χ2n) is 7.63. The molecule has 6 heteroatoms. The molecule has 2 heterocycles. The van der Waals surface area contributed by atoms with Crippen LogP contribution < -0.4 is 4.90 Å². The van der Waals surface area contributed by atoms with Crippen molar-refractivity contribution in [3.8, 4) is 0 Å². The lowest BCUT2D eigenvalue weighted by molar-refractivity contribution is 0.601. The molecule has 0 radical (unpaired) electrons. The maximum absolute atomic E-state index is 11.9. The van der Waals surface area contributed by atoms with E-state index in [2.05, 4.69) is 68.1 Å². The number of fused-ring (bicyclic) bond motifs is 1. The average Bonchev–Trinajstić information content (AvgIpc) is 3.05. The summed E-state index contributed by atoms with van der Waals surface area (Å²) in [6.07, 6.45) is 0. The van der Waals surface area contributed by atoms with Crippen LogP contribution in [-0.2, 0) is 16.4 Å². The monoisotopic (exact) mass is 400 g/mol. The molecule has 27 heavy (non-hydrogen) atoms. The molecule has 1 fully saturated rings. The van der Waals surface area contributed by atoms with Gasteiger partial charge >= 0.3 is 0 Å². The Bertz CT molecular complexity index is 994. The summed E-state index contributed by atoms with van der Waals surface area (Å²) in [6.45, 7) is 7.03. The fraction of sp³-hybridized carbons (Fsp3) is 0.381. The largest absolute Gasteiger partial charge is 0.317 e. The average molecular weight is 401 g/mol. The highest BCUT2D eigenvalue weighted by molar-refractivity contribution is 8.15. The smallest absolute Gasteiger partial charge is 0.164 e. The van der Waals surface area contributed by atoms with Crippen molar-refractivity contribution < 1.29 is 8.42 Å². The molecule has 2 aliphatic heterocycles. The maximum Gasteiger partial charge on any atom is 0.164 e. The molecule has 1 saturated heterocycles. The van der Waals surface area contributed by atoms with E-state index in [-0.39, 0.29) is 22.8 Å². The molecule has 0 aromatic heterocycles. The standard InChI is InChI=1S/C21H24N2O2S2/c1-14-5-4-6-17(8-14)11-23(18-9-15(2)7-16(3)10-18)21-22-19-12-27(24,25)13-20(19)26-21/h4-10,19-20H,11-13H2,1-3H3. The molecule has 142 valence electrons. The van der Waals surface area contributed by atoms with Gasteiger partial charge in [0, 0.05) is 10.9 Å². The van der Waals surface area contributed by atoms with Crippen LogP contribution in [0.15, 0.2) is 47.5 Å². The first-order chi connectivity index (χ1) is 12.8. The first-order valence-electron chi connectivity index (χ1n) is 9.15. The van der Waals surface area contributed by atoms with Gasteiger partial charge in [-0.3, -0.25) is 4.99 Å². The fourth-order valence-corrected chi connectivity index (χ4v) is 7.62. The molecule has 0 bridgehead atoms. The second-order valence-corrected chi connectivity index (χ2v) is 11.0. The van der Waals surface area contributed by atoms with Crippen LogP contribution in [0.2, 0.25) is 0 Å². The predicted molar refractivity (Wildman–Crippen MR) is 115 cm³/mol. The van der Waals surface area contributed by atoms with Crippen molar-refractivity contribution in [1.29, 1.82) is 0 Å². The lowest BCUT2D eigenvalue weighted by atomic mass is 10.1. The number of hydrogen-bond donors (Lipinski definition) is 0. The number of rotatable bonds is 3. The van der Waals surface area contributed by atoms with Crippen molar-refractivity contribution in [2.24, 2.45) is 4.99 Å². The van der Waals surface area contributed by atoms with Crippen LogP contribution in [0.4, 0.5) is 5.69 Å². The molecule has 0 amide bonds. The van der Waals surface area contributed by atoms with Crippen molar-refractivity contribution in [3.63, 3.8) is 0 Å². The van der Waals surface area contributed by atoms with E-state index in [0.29, 0.717) is 0 Å². The Hall–Kier alpha value is -1.79. The van der Waals surface area contributed by atoms with Gasteiger partial charge in [-0.25, -0.2) is 8.42 Å². The zero-order valence-corrected chi connectivity index (χ0v) is 17.5. The molecule has 2 unspecified atom stereocenters. The maximum atomic E-state index is 11.9. The SMILES string of the molecule is Cc1cccc(CN(C2=NC3CS(=O)(=O)CC3S2)c2cc(C)cc(C)c2)c1. The Morgan fingerprint density at radius 1 is 1.04 bits per heavy atom. The summed E-state index contributed by atoms with van der Waals surface area (Å²) in [4.78, 5) is 7.07. The number of amidine groups is 1. The number of aliphatic imine (C=N–C) groups is 1. The number of aryl methyl sites for hydroxylation is 3. The molecule has 0 saturated carbocycles. The molecule has 0 N–H and O–H groups in total. The fourth-order valence-electron chi connectivity index (χ4n) is 3.84. The van der Waals surface area contributed by atoms with Crippen molar-refractivity contribution in [2.45, 2.75) is 38.6 Å². The van der Waals surface area contributed by atoms with Crippen LogP contribution in [0.1, 0.15) is 22.3 Å². The van der Waals surface area contributed by atoms with E-state index in [9.17, 15) is 8.42 Å². The van der Waals surface area contributed by atoms with E-state index in [1.165, 1.54) is 22.3 Å². The Labute approximate surface area is 165 Å². The van der Waals surface area contributed by atoms with Gasteiger partial charge in [0.05, 0.1) is 24.1 Å². The molecule has 2 aromatic carbocycles. The summed E-state index contributed by atoms with van der Waals surface area (Å²) in [5.41, 5.74) is 6.00. The number of thioether (sulfide) groups is 1. The summed E-state index contributed by atoms with van der Waals surface area (Å²) in [5.74, 6) is 0.416. The second kappa shape index (κ2) is 6.99. The summed E-state index contributed by atoms with van der Waals surface area (Å²) in [6, 6.07) is 14.9. The van der Waals surface area contributed by atoms with Gasteiger partial charge in [0.25, 0.3) is 0 Å². The van der Waals surface area contributed by atoms with Crippen molar-refractivity contribution in [2.75, 3.05) is 16.4 Å². The molecule has 4 rings (SSSR count). The third kappa shape index (κ3) is 4.06. The Balaban J connectivity index is 1.70. The first kappa shape index (κ1) is 18.6. The van der Waals surface area contributed by atoms with Crippen molar-refractivity contribution in [3.05, 3.63) is 64.7 Å². The minimum atomic E-state index is -2.94. The van der Waals surface area contributed by atoms with E-state index >= 15 is 0 Å². The molecule has 0 aliphatic carbocycles. The van der Waals surface area contributed by atoms with Crippen LogP contribution in [0.25, 0.3) is 0 Å². The number of hydrogen-bond acceptors (Lipinski definition) is 5. The minimum absolute atomic E-state index is 0.0518. The summed E-state index contributed by atoms with van der Waals surface area (Å²) >= 11 is 1.62. The Kier molecular flexibility index (Phi) is 4.80. The van der Waals surface area contributed by atoms with Gasteiger partial charge in [0.15, 0.2) is 15.0 Å². The van der Waals surface area contributed by atoms with Crippen LogP contribution in [0.5, 0.6) is 0 Å². The number of benzene rings is 2. The molecular weight excluding hydrogens is 376 g/mol. The van der Waals surface area contributed by atoms with Crippen molar-refractivity contribution in [1.82, 2.24) is 0 Å². The van der Waals surface area contributed by atoms with Crippen LogP contribution >= 0.6 is 11.8 Å². The van der Waals surface area contributed by atoms with E-state index in [1.54, 1.807) is 11.8 Å². The highest BCUT2D eigenvalue weighted by Crippen LogP contribution is 2.37. The first-order valence-corrected chi connectivity index (χ1v) is 11.9. The number of anilines is 1. The van der Waals surface area contributed by atoms with E-state index in [1.807, 2.05) is 0 Å². The number of sulfone groups is 1. The van der Waals surface area contributed by atoms with Gasteiger partial charge in [-0.1, -0.05) is 47.7 Å². The molecule has 2 aliphatic rings. The van der Waals surface area contributed by atoms with Gasteiger partial charge in [0.1, 0.15) is 0 Å². The Morgan fingerprint density at radius 2 is 1.78 bits per heavy atom. The van der Waals surface area contributed by atoms with Gasteiger partial charge in [-0.05, 0) is 49.6 Å². The number of nitrogens with zero attached hydrogens (tertiary/aromatic N) is 2. The molecule has 0 spiro atoms. The minimum Gasteiger partial charge on any atom is -0.317 e. The third-order valence-corrected chi connectivity index (χ3v) is 8.22. The van der Waals surface area contributed by atoms with Crippen molar-refractivity contribution >= 4 is 32.5 Å². The van der Waals surface area contributed by atoms with Crippen LogP contribution in [-0.4, -0.2) is 36.4 Å². The molecule has 2 aromatic rings. The highest BCUT2D eigenvalue weighted by atomic mass is 32.2. The highest BCUT2D eigenvalue weighted by Gasteiger charge is 2.44. The predicted octanol–water partition coefficient (Wildman–Crippen LogP) is 3.89. The van der Waals surface area contributed by atoms with Gasteiger partial charge in [0.2, 0.25) is 0 Å². The van der Waals surface area contributed by atoms with Gasteiger partial charge in [-0.15, -0.1) is 0 Å².